The number of anilines is 1. The van der Waals surface area contributed by atoms with Crippen molar-refractivity contribution in [2.24, 2.45) is 0 Å². The molecule has 0 aromatic heterocycles. The lowest BCUT2D eigenvalue weighted by Crippen LogP contribution is -2.11. The Hall–Kier alpha value is -1.45. The topological polar surface area (TPSA) is 29.1 Å². The number of halogens is 1. The zero-order chi connectivity index (χ0) is 14.5. The third kappa shape index (κ3) is 4.29. The lowest BCUT2D eigenvalue weighted by atomic mass is 10.2. The SMILES string of the molecule is CC(C)Sc1ccc(C(=O)Nc2ccc(Cl)cc2)cc1. The fourth-order valence-electron chi connectivity index (χ4n) is 1.69. The first-order valence-corrected chi connectivity index (χ1v) is 7.64. The highest BCUT2D eigenvalue weighted by Crippen LogP contribution is 2.23. The van der Waals surface area contributed by atoms with E-state index in [1.165, 1.54) is 4.90 Å². The third-order valence-corrected chi connectivity index (χ3v) is 3.86. The van der Waals surface area contributed by atoms with Gasteiger partial charge < -0.3 is 5.32 Å². The molecule has 0 saturated heterocycles. The monoisotopic (exact) mass is 305 g/mol. The molecule has 2 aromatic rings. The van der Waals surface area contributed by atoms with Crippen LogP contribution in [0.15, 0.2) is 53.4 Å². The van der Waals surface area contributed by atoms with Gasteiger partial charge in [0.1, 0.15) is 0 Å². The van der Waals surface area contributed by atoms with Crippen molar-refractivity contribution in [1.29, 1.82) is 0 Å². The summed E-state index contributed by atoms with van der Waals surface area (Å²) < 4.78 is 0. The Kier molecular flexibility index (Phi) is 5.10. The molecule has 2 nitrogen and oxygen atoms in total. The van der Waals surface area contributed by atoms with Gasteiger partial charge >= 0.3 is 0 Å². The van der Waals surface area contributed by atoms with Gasteiger partial charge in [0, 0.05) is 26.4 Å². The molecule has 1 N–H and O–H groups in total. The molecule has 0 bridgehead atoms. The Bertz CT molecular complexity index is 578. The van der Waals surface area contributed by atoms with E-state index in [4.69, 9.17) is 11.6 Å². The molecule has 0 saturated carbocycles. The Balaban J connectivity index is 2.03. The molecular weight excluding hydrogens is 290 g/mol. The summed E-state index contributed by atoms with van der Waals surface area (Å²) in [5.41, 5.74) is 1.38. The highest BCUT2D eigenvalue weighted by Gasteiger charge is 2.06. The van der Waals surface area contributed by atoms with Gasteiger partial charge in [0.05, 0.1) is 0 Å². The smallest absolute Gasteiger partial charge is 0.255 e. The molecule has 20 heavy (non-hydrogen) atoms. The zero-order valence-electron chi connectivity index (χ0n) is 11.4. The van der Waals surface area contributed by atoms with Crippen LogP contribution in [-0.2, 0) is 0 Å². The number of rotatable bonds is 4. The van der Waals surface area contributed by atoms with Crippen LogP contribution in [0.2, 0.25) is 5.02 Å². The van der Waals surface area contributed by atoms with Gasteiger partial charge in [0.15, 0.2) is 0 Å². The van der Waals surface area contributed by atoms with Crippen LogP contribution in [0.5, 0.6) is 0 Å². The average molecular weight is 306 g/mol. The maximum Gasteiger partial charge on any atom is 0.255 e. The second-order valence-corrected chi connectivity index (χ2v) is 6.74. The van der Waals surface area contributed by atoms with E-state index < -0.39 is 0 Å². The maximum absolute atomic E-state index is 12.1. The van der Waals surface area contributed by atoms with Crippen LogP contribution >= 0.6 is 23.4 Å². The van der Waals surface area contributed by atoms with Crippen LogP contribution in [0.1, 0.15) is 24.2 Å². The Labute approximate surface area is 128 Å². The van der Waals surface area contributed by atoms with E-state index >= 15 is 0 Å². The second-order valence-electron chi connectivity index (χ2n) is 4.65. The average Bonchev–Trinajstić information content (AvgIpc) is 2.41. The molecule has 0 heterocycles. The summed E-state index contributed by atoms with van der Waals surface area (Å²) in [4.78, 5) is 13.3. The van der Waals surface area contributed by atoms with E-state index in [0.29, 0.717) is 15.8 Å². The van der Waals surface area contributed by atoms with E-state index in [-0.39, 0.29) is 5.91 Å². The lowest BCUT2D eigenvalue weighted by Gasteiger charge is -2.07. The summed E-state index contributed by atoms with van der Waals surface area (Å²) in [5.74, 6) is -0.117. The molecule has 1 amide bonds. The highest BCUT2D eigenvalue weighted by atomic mass is 35.5. The predicted octanol–water partition coefficient (Wildman–Crippen LogP) is 5.09. The van der Waals surface area contributed by atoms with Crippen molar-refractivity contribution >= 4 is 35.0 Å². The van der Waals surface area contributed by atoms with Crippen molar-refractivity contribution in [2.75, 3.05) is 5.32 Å². The van der Waals surface area contributed by atoms with Gasteiger partial charge in [-0.05, 0) is 48.5 Å². The van der Waals surface area contributed by atoms with Crippen LogP contribution in [0.3, 0.4) is 0 Å². The first-order valence-electron chi connectivity index (χ1n) is 6.38. The lowest BCUT2D eigenvalue weighted by molar-refractivity contribution is 0.102. The first kappa shape index (κ1) is 14.9. The van der Waals surface area contributed by atoms with Gasteiger partial charge in [0.25, 0.3) is 5.91 Å². The number of nitrogens with one attached hydrogen (secondary N) is 1. The number of hydrogen-bond acceptors (Lipinski definition) is 2. The molecular formula is C16H16ClNOS. The van der Waals surface area contributed by atoms with E-state index in [2.05, 4.69) is 19.2 Å². The minimum Gasteiger partial charge on any atom is -0.322 e. The van der Waals surface area contributed by atoms with Crippen LogP contribution in [0.4, 0.5) is 5.69 Å². The van der Waals surface area contributed by atoms with Gasteiger partial charge in [-0.25, -0.2) is 0 Å². The summed E-state index contributed by atoms with van der Waals surface area (Å²) in [5, 5.41) is 4.02. The predicted molar refractivity (Wildman–Crippen MR) is 86.8 cm³/mol. The van der Waals surface area contributed by atoms with Crippen LogP contribution in [-0.4, -0.2) is 11.2 Å². The first-order chi connectivity index (χ1) is 9.54. The summed E-state index contributed by atoms with van der Waals surface area (Å²) in [6.45, 7) is 4.29. The van der Waals surface area contributed by atoms with Crippen LogP contribution < -0.4 is 5.32 Å². The van der Waals surface area contributed by atoms with E-state index in [1.807, 2.05) is 24.3 Å². The molecule has 0 aliphatic rings. The molecule has 0 aliphatic heterocycles. The number of carbonyl (C=O) groups is 1. The van der Waals surface area contributed by atoms with Crippen LogP contribution in [0, 0.1) is 0 Å². The summed E-state index contributed by atoms with van der Waals surface area (Å²) in [6, 6.07) is 14.7. The molecule has 104 valence electrons. The standard InChI is InChI=1S/C16H16ClNOS/c1-11(2)20-15-9-3-12(4-10-15)16(19)18-14-7-5-13(17)6-8-14/h3-11H,1-2H3,(H,18,19). The van der Waals surface area contributed by atoms with Crippen molar-refractivity contribution in [3.05, 3.63) is 59.1 Å². The quantitative estimate of drug-likeness (QED) is 0.797. The van der Waals surface area contributed by atoms with Gasteiger partial charge in [-0.15, -0.1) is 11.8 Å². The molecule has 0 radical (unpaired) electrons. The largest absolute Gasteiger partial charge is 0.322 e. The normalized spacial score (nSPS) is 10.6. The number of benzene rings is 2. The van der Waals surface area contributed by atoms with E-state index in [0.717, 1.165) is 5.69 Å². The van der Waals surface area contributed by atoms with E-state index in [9.17, 15) is 4.79 Å². The third-order valence-electron chi connectivity index (χ3n) is 2.59. The molecule has 0 atom stereocenters. The summed E-state index contributed by atoms with van der Waals surface area (Å²) in [7, 11) is 0. The molecule has 0 spiro atoms. The number of carbonyl (C=O) groups excluding carboxylic acids is 1. The van der Waals surface area contributed by atoms with Crippen molar-refractivity contribution in [1.82, 2.24) is 0 Å². The summed E-state index contributed by atoms with van der Waals surface area (Å²) >= 11 is 7.59. The van der Waals surface area contributed by atoms with Gasteiger partial charge in [0.2, 0.25) is 0 Å². The van der Waals surface area contributed by atoms with E-state index in [1.54, 1.807) is 36.0 Å². The van der Waals surface area contributed by atoms with Gasteiger partial charge in [-0.2, -0.15) is 0 Å². The molecule has 0 unspecified atom stereocenters. The van der Waals surface area contributed by atoms with Crippen molar-refractivity contribution in [3.8, 4) is 0 Å². The molecule has 2 aromatic carbocycles. The number of amides is 1. The van der Waals surface area contributed by atoms with Crippen molar-refractivity contribution in [3.63, 3.8) is 0 Å². The minimum atomic E-state index is -0.117. The van der Waals surface area contributed by atoms with Crippen LogP contribution in [0.25, 0.3) is 0 Å². The minimum absolute atomic E-state index is 0.117. The second kappa shape index (κ2) is 6.82. The van der Waals surface area contributed by atoms with Gasteiger partial charge in [-0.3, -0.25) is 4.79 Å². The number of hydrogen-bond donors (Lipinski definition) is 1. The number of thioether (sulfide) groups is 1. The van der Waals surface area contributed by atoms with Crippen molar-refractivity contribution < 1.29 is 4.79 Å². The summed E-state index contributed by atoms with van der Waals surface area (Å²) in [6.07, 6.45) is 0. The molecule has 0 fully saturated rings. The van der Waals surface area contributed by atoms with Crippen molar-refractivity contribution in [2.45, 2.75) is 24.0 Å². The van der Waals surface area contributed by atoms with Gasteiger partial charge in [-0.1, -0.05) is 25.4 Å². The molecule has 2 rings (SSSR count). The highest BCUT2D eigenvalue weighted by molar-refractivity contribution is 7.99. The molecule has 4 heteroatoms. The Morgan fingerprint density at radius 1 is 1.05 bits per heavy atom. The Morgan fingerprint density at radius 2 is 1.65 bits per heavy atom. The molecule has 0 aliphatic carbocycles. The fraction of sp³-hybridized carbons (Fsp3) is 0.188. The maximum atomic E-state index is 12.1. The zero-order valence-corrected chi connectivity index (χ0v) is 13.0. The Morgan fingerprint density at radius 3 is 2.20 bits per heavy atom. The fourth-order valence-corrected chi connectivity index (χ4v) is 2.66.